The zero-order valence-corrected chi connectivity index (χ0v) is 7.71. The van der Waals surface area contributed by atoms with Crippen LogP contribution < -0.4 is 5.73 Å². The Balaban J connectivity index is 2.44. The van der Waals surface area contributed by atoms with E-state index >= 15 is 0 Å². The van der Waals surface area contributed by atoms with Crippen LogP contribution >= 0.6 is 0 Å². The molecule has 1 aliphatic carbocycles. The quantitative estimate of drug-likeness (QED) is 0.686. The number of aromatic hydroxyl groups is 1. The summed E-state index contributed by atoms with van der Waals surface area (Å²) in [5, 5.41) is 9.59. The number of aryl methyl sites for hydroxylation is 2. The van der Waals surface area contributed by atoms with E-state index in [1.807, 2.05) is 6.07 Å². The Hall–Kier alpha value is -1.02. The predicted octanol–water partition coefficient (Wildman–Crippen LogP) is 1.73. The highest BCUT2D eigenvalue weighted by Crippen LogP contribution is 2.27. The average Bonchev–Trinajstić information content (AvgIpc) is 2.17. The molecule has 1 aliphatic rings. The van der Waals surface area contributed by atoms with Crippen LogP contribution in [0.4, 0.5) is 0 Å². The third-order valence-corrected chi connectivity index (χ3v) is 2.76. The fourth-order valence-corrected chi connectivity index (χ4v) is 1.99. The molecule has 0 aromatic heterocycles. The minimum atomic E-state index is 0.364. The Morgan fingerprint density at radius 1 is 1.15 bits per heavy atom. The normalized spacial score (nSPS) is 15.5. The molecule has 0 heterocycles. The molecule has 70 valence electrons. The van der Waals surface area contributed by atoms with Crippen molar-refractivity contribution in [2.24, 2.45) is 5.73 Å². The Kier molecular flexibility index (Phi) is 2.23. The molecule has 2 heteroatoms. The Morgan fingerprint density at radius 3 is 2.38 bits per heavy atom. The molecule has 0 unspecified atom stereocenters. The largest absolute Gasteiger partial charge is 0.508 e. The van der Waals surface area contributed by atoms with Crippen LogP contribution in [-0.2, 0) is 19.4 Å². The molecule has 0 radical (unpaired) electrons. The molecular formula is C11H15NO. The topological polar surface area (TPSA) is 46.2 Å². The third kappa shape index (κ3) is 1.54. The van der Waals surface area contributed by atoms with Gasteiger partial charge in [-0.1, -0.05) is 6.07 Å². The van der Waals surface area contributed by atoms with Crippen molar-refractivity contribution in [1.29, 1.82) is 0 Å². The fraction of sp³-hybridized carbons (Fsp3) is 0.455. The van der Waals surface area contributed by atoms with Crippen LogP contribution in [0.25, 0.3) is 0 Å². The molecule has 0 atom stereocenters. The molecule has 0 amide bonds. The maximum absolute atomic E-state index is 9.59. The van der Waals surface area contributed by atoms with Crippen molar-refractivity contribution in [3.63, 3.8) is 0 Å². The summed E-state index contributed by atoms with van der Waals surface area (Å²) in [6.45, 7) is 0.430. The van der Waals surface area contributed by atoms with E-state index in [-0.39, 0.29) is 0 Å². The van der Waals surface area contributed by atoms with Crippen molar-refractivity contribution >= 4 is 0 Å². The van der Waals surface area contributed by atoms with Gasteiger partial charge < -0.3 is 10.8 Å². The summed E-state index contributed by atoms with van der Waals surface area (Å²) >= 11 is 0. The molecule has 3 N–H and O–H groups in total. The minimum absolute atomic E-state index is 0.364. The number of fused-ring (bicyclic) bond motifs is 1. The standard InChI is InChI=1S/C11H15NO/c12-7-10-5-8-3-1-2-4-9(8)6-11(10)13/h5-6,13H,1-4,7,12H2. The second kappa shape index (κ2) is 3.38. The lowest BCUT2D eigenvalue weighted by Crippen LogP contribution is -2.05. The molecular weight excluding hydrogens is 162 g/mol. The molecule has 0 fully saturated rings. The Bertz CT molecular complexity index is 320. The minimum Gasteiger partial charge on any atom is -0.508 e. The molecule has 0 aliphatic heterocycles. The second-order valence-electron chi connectivity index (χ2n) is 3.66. The van der Waals surface area contributed by atoms with Gasteiger partial charge in [-0.05, 0) is 42.9 Å². The van der Waals surface area contributed by atoms with E-state index in [1.54, 1.807) is 0 Å². The van der Waals surface area contributed by atoms with E-state index in [4.69, 9.17) is 5.73 Å². The molecule has 2 rings (SSSR count). The van der Waals surface area contributed by atoms with Gasteiger partial charge in [-0.25, -0.2) is 0 Å². The van der Waals surface area contributed by atoms with E-state index in [2.05, 4.69) is 6.07 Å². The van der Waals surface area contributed by atoms with Crippen molar-refractivity contribution in [1.82, 2.24) is 0 Å². The third-order valence-electron chi connectivity index (χ3n) is 2.76. The van der Waals surface area contributed by atoms with Crippen LogP contribution in [0.2, 0.25) is 0 Å². The van der Waals surface area contributed by atoms with Gasteiger partial charge in [0.2, 0.25) is 0 Å². The van der Waals surface area contributed by atoms with Crippen molar-refractivity contribution in [2.75, 3.05) is 0 Å². The average molecular weight is 177 g/mol. The molecule has 13 heavy (non-hydrogen) atoms. The van der Waals surface area contributed by atoms with Crippen LogP contribution in [0.5, 0.6) is 5.75 Å². The Labute approximate surface area is 78.4 Å². The van der Waals surface area contributed by atoms with Gasteiger partial charge >= 0.3 is 0 Å². The number of phenols is 1. The molecule has 2 nitrogen and oxygen atoms in total. The molecule has 0 bridgehead atoms. The van der Waals surface area contributed by atoms with Gasteiger partial charge in [0.05, 0.1) is 0 Å². The van der Waals surface area contributed by atoms with Gasteiger partial charge in [-0.3, -0.25) is 0 Å². The molecule has 0 saturated heterocycles. The van der Waals surface area contributed by atoms with Crippen molar-refractivity contribution < 1.29 is 5.11 Å². The highest BCUT2D eigenvalue weighted by Gasteiger charge is 2.11. The summed E-state index contributed by atoms with van der Waals surface area (Å²) in [5.74, 6) is 0.364. The summed E-state index contributed by atoms with van der Waals surface area (Å²) in [5.41, 5.74) is 9.08. The second-order valence-corrected chi connectivity index (χ2v) is 3.66. The van der Waals surface area contributed by atoms with E-state index in [9.17, 15) is 5.11 Å². The lowest BCUT2D eigenvalue weighted by atomic mass is 9.90. The monoisotopic (exact) mass is 177 g/mol. The van der Waals surface area contributed by atoms with Crippen LogP contribution in [0.1, 0.15) is 29.5 Å². The molecule has 1 aromatic carbocycles. The van der Waals surface area contributed by atoms with Crippen LogP contribution in [0, 0.1) is 0 Å². The van der Waals surface area contributed by atoms with Gasteiger partial charge in [0.15, 0.2) is 0 Å². The van der Waals surface area contributed by atoms with E-state index in [1.165, 1.54) is 24.0 Å². The summed E-state index contributed by atoms with van der Waals surface area (Å²) in [6, 6.07) is 3.94. The fourth-order valence-electron chi connectivity index (χ4n) is 1.99. The van der Waals surface area contributed by atoms with Gasteiger partial charge in [0.25, 0.3) is 0 Å². The van der Waals surface area contributed by atoms with Gasteiger partial charge in [0.1, 0.15) is 5.75 Å². The van der Waals surface area contributed by atoms with Gasteiger partial charge in [-0.2, -0.15) is 0 Å². The van der Waals surface area contributed by atoms with Crippen LogP contribution in [-0.4, -0.2) is 5.11 Å². The summed E-state index contributed by atoms with van der Waals surface area (Å²) in [4.78, 5) is 0. The number of hydrogen-bond donors (Lipinski definition) is 2. The van der Waals surface area contributed by atoms with Crippen molar-refractivity contribution in [2.45, 2.75) is 32.2 Å². The lowest BCUT2D eigenvalue weighted by molar-refractivity contribution is 0.466. The van der Waals surface area contributed by atoms with Gasteiger partial charge in [-0.15, -0.1) is 0 Å². The SMILES string of the molecule is NCc1cc2c(cc1O)CCCC2. The molecule has 0 spiro atoms. The van der Waals surface area contributed by atoms with Crippen LogP contribution in [0.15, 0.2) is 12.1 Å². The summed E-state index contributed by atoms with van der Waals surface area (Å²) < 4.78 is 0. The predicted molar refractivity (Wildman–Crippen MR) is 52.6 cm³/mol. The first kappa shape index (κ1) is 8.57. The highest BCUT2D eigenvalue weighted by molar-refractivity contribution is 5.42. The number of hydrogen-bond acceptors (Lipinski definition) is 2. The number of rotatable bonds is 1. The molecule has 1 aromatic rings. The van der Waals surface area contributed by atoms with Gasteiger partial charge in [0, 0.05) is 12.1 Å². The summed E-state index contributed by atoms with van der Waals surface area (Å²) in [7, 11) is 0. The maximum Gasteiger partial charge on any atom is 0.120 e. The zero-order valence-electron chi connectivity index (χ0n) is 7.71. The van der Waals surface area contributed by atoms with Crippen molar-refractivity contribution in [3.05, 3.63) is 28.8 Å². The summed E-state index contributed by atoms with van der Waals surface area (Å²) in [6.07, 6.45) is 4.76. The number of phenolic OH excluding ortho intramolecular Hbond substituents is 1. The molecule has 0 saturated carbocycles. The number of nitrogens with two attached hydrogens (primary N) is 1. The van der Waals surface area contributed by atoms with E-state index in [0.717, 1.165) is 18.4 Å². The van der Waals surface area contributed by atoms with E-state index in [0.29, 0.717) is 12.3 Å². The highest BCUT2D eigenvalue weighted by atomic mass is 16.3. The first-order chi connectivity index (χ1) is 6.31. The zero-order chi connectivity index (χ0) is 9.26. The van der Waals surface area contributed by atoms with Crippen LogP contribution in [0.3, 0.4) is 0 Å². The number of benzene rings is 1. The first-order valence-corrected chi connectivity index (χ1v) is 4.85. The van der Waals surface area contributed by atoms with E-state index < -0.39 is 0 Å². The maximum atomic E-state index is 9.59. The first-order valence-electron chi connectivity index (χ1n) is 4.85. The Morgan fingerprint density at radius 2 is 1.77 bits per heavy atom. The lowest BCUT2D eigenvalue weighted by Gasteiger charge is -2.17. The smallest absolute Gasteiger partial charge is 0.120 e. The van der Waals surface area contributed by atoms with Crippen molar-refractivity contribution in [3.8, 4) is 5.75 Å².